The zero-order valence-electron chi connectivity index (χ0n) is 21.8. The van der Waals surface area contributed by atoms with Crippen LogP contribution in [0.15, 0.2) is 24.3 Å². The zero-order chi connectivity index (χ0) is 30.4. The van der Waals surface area contributed by atoms with Gasteiger partial charge >= 0.3 is 17.9 Å². The van der Waals surface area contributed by atoms with Crippen LogP contribution in [0.1, 0.15) is 51.0 Å². The van der Waals surface area contributed by atoms with Gasteiger partial charge in [-0.2, -0.15) is 0 Å². The molecule has 0 aliphatic rings. The van der Waals surface area contributed by atoms with Crippen LogP contribution in [0.3, 0.4) is 0 Å². The highest BCUT2D eigenvalue weighted by atomic mass is 16.4. The topological polar surface area (TPSA) is 263 Å². The molecule has 4 atom stereocenters. The van der Waals surface area contributed by atoms with Gasteiger partial charge in [-0.25, -0.2) is 0 Å². The van der Waals surface area contributed by atoms with Crippen molar-refractivity contribution < 1.29 is 54.0 Å². The summed E-state index contributed by atoms with van der Waals surface area (Å²) in [6.45, 7) is 1.12. The van der Waals surface area contributed by atoms with Crippen LogP contribution >= 0.6 is 0 Å². The lowest BCUT2D eigenvalue weighted by atomic mass is 10.0. The molecule has 1 rings (SSSR count). The van der Waals surface area contributed by atoms with E-state index in [2.05, 4.69) is 16.0 Å². The number of nitrogens with one attached hydrogen (secondary N) is 3. The minimum absolute atomic E-state index is 0.00479. The molecule has 0 heterocycles. The van der Waals surface area contributed by atoms with Gasteiger partial charge in [0.25, 0.3) is 0 Å². The van der Waals surface area contributed by atoms with Crippen LogP contribution in [0.5, 0.6) is 5.75 Å². The molecule has 40 heavy (non-hydrogen) atoms. The van der Waals surface area contributed by atoms with Gasteiger partial charge < -0.3 is 42.1 Å². The Labute approximate surface area is 229 Å². The van der Waals surface area contributed by atoms with Crippen molar-refractivity contribution in [1.82, 2.24) is 16.0 Å². The Morgan fingerprint density at radius 1 is 0.675 bits per heavy atom. The molecule has 220 valence electrons. The summed E-state index contributed by atoms with van der Waals surface area (Å²) in [6.07, 6.45) is -2.58. The van der Waals surface area contributed by atoms with Gasteiger partial charge in [0.1, 0.15) is 17.8 Å². The monoisotopic (exact) mass is 566 g/mol. The number of Topliss-reactive ketones (excluding diaryl/α,β-unsaturated/α-hetero) is 1. The van der Waals surface area contributed by atoms with Crippen molar-refractivity contribution in [2.45, 2.75) is 76.0 Å². The highest BCUT2D eigenvalue weighted by molar-refractivity contribution is 5.95. The molecule has 3 amide bonds. The van der Waals surface area contributed by atoms with Gasteiger partial charge in [0.05, 0.1) is 12.1 Å². The van der Waals surface area contributed by atoms with E-state index >= 15 is 0 Å². The number of carbonyl (C=O) groups excluding carboxylic acids is 4. The van der Waals surface area contributed by atoms with Gasteiger partial charge in [-0.05, 0) is 50.3 Å². The summed E-state index contributed by atoms with van der Waals surface area (Å²) in [5, 5.41) is 43.3. The molecule has 9 N–H and O–H groups in total. The molecule has 0 fully saturated rings. The Kier molecular flexibility index (Phi) is 13.8. The first-order chi connectivity index (χ1) is 18.7. The van der Waals surface area contributed by atoms with Crippen LogP contribution < -0.4 is 21.7 Å². The first-order valence-corrected chi connectivity index (χ1v) is 12.3. The molecular formula is C25H34N4O11. The second kappa shape index (κ2) is 16.4. The summed E-state index contributed by atoms with van der Waals surface area (Å²) >= 11 is 0. The van der Waals surface area contributed by atoms with E-state index in [-0.39, 0.29) is 25.0 Å². The summed E-state index contributed by atoms with van der Waals surface area (Å²) in [5.41, 5.74) is 6.53. The Balaban J connectivity index is 3.04. The van der Waals surface area contributed by atoms with Crippen LogP contribution in [0.25, 0.3) is 0 Å². The van der Waals surface area contributed by atoms with Crippen molar-refractivity contribution in [1.29, 1.82) is 0 Å². The van der Waals surface area contributed by atoms with E-state index in [1.54, 1.807) is 0 Å². The third-order valence-electron chi connectivity index (χ3n) is 5.74. The number of rotatable bonds is 18. The van der Waals surface area contributed by atoms with Crippen molar-refractivity contribution >= 4 is 41.4 Å². The molecule has 0 spiro atoms. The summed E-state index contributed by atoms with van der Waals surface area (Å²) in [7, 11) is 0. The maximum Gasteiger partial charge on any atom is 0.303 e. The molecule has 0 radical (unpaired) electrons. The number of amides is 3. The average Bonchev–Trinajstić information content (AvgIpc) is 2.86. The molecule has 4 unspecified atom stereocenters. The predicted octanol–water partition coefficient (Wildman–Crippen LogP) is -1.10. The zero-order valence-corrected chi connectivity index (χ0v) is 21.8. The average molecular weight is 567 g/mol. The lowest BCUT2D eigenvalue weighted by Crippen LogP contribution is -2.57. The number of aromatic hydroxyl groups is 1. The number of carbonyl (C=O) groups is 7. The number of hydrogen-bond donors (Lipinski definition) is 8. The number of carboxylic acids is 3. The van der Waals surface area contributed by atoms with Crippen LogP contribution in [0.2, 0.25) is 0 Å². The van der Waals surface area contributed by atoms with E-state index in [9.17, 15) is 38.7 Å². The van der Waals surface area contributed by atoms with Crippen molar-refractivity contribution in [3.05, 3.63) is 29.8 Å². The summed E-state index contributed by atoms with van der Waals surface area (Å²) in [5.74, 6) is -7.11. The van der Waals surface area contributed by atoms with Gasteiger partial charge in [-0.1, -0.05) is 12.1 Å². The lowest BCUT2D eigenvalue weighted by Gasteiger charge is -2.25. The molecule has 0 saturated carbocycles. The van der Waals surface area contributed by atoms with E-state index in [1.165, 1.54) is 24.3 Å². The lowest BCUT2D eigenvalue weighted by molar-refractivity contribution is -0.140. The van der Waals surface area contributed by atoms with E-state index in [0.29, 0.717) is 5.56 Å². The SMILES string of the molecule is CC(=O)C(CCC(=O)O)NC(=O)C(CCC(=O)O)NC(=O)C(CCC(=O)O)NC(=O)C(N)Cc1ccc(O)cc1. The Hall–Kier alpha value is -4.53. The summed E-state index contributed by atoms with van der Waals surface area (Å²) in [6, 6.07) is 0.499. The summed E-state index contributed by atoms with van der Waals surface area (Å²) < 4.78 is 0. The van der Waals surface area contributed by atoms with E-state index in [4.69, 9.17) is 21.1 Å². The third-order valence-corrected chi connectivity index (χ3v) is 5.74. The van der Waals surface area contributed by atoms with Gasteiger partial charge in [-0.3, -0.25) is 33.6 Å². The molecule has 1 aromatic carbocycles. The highest BCUT2D eigenvalue weighted by Gasteiger charge is 2.30. The molecular weight excluding hydrogens is 532 g/mol. The minimum Gasteiger partial charge on any atom is -0.508 e. The molecule has 0 aliphatic carbocycles. The number of phenolic OH excluding ortho intramolecular Hbond substituents is 1. The van der Waals surface area contributed by atoms with E-state index in [1.807, 2.05) is 0 Å². The van der Waals surface area contributed by atoms with Crippen LogP contribution in [-0.4, -0.2) is 86.0 Å². The molecule has 0 aromatic heterocycles. The number of carboxylic acid groups (broad SMARTS) is 3. The molecule has 0 saturated heterocycles. The van der Waals surface area contributed by atoms with Crippen molar-refractivity contribution in [3.63, 3.8) is 0 Å². The normalized spacial score (nSPS) is 13.7. The van der Waals surface area contributed by atoms with Crippen molar-refractivity contribution in [2.24, 2.45) is 5.73 Å². The molecule has 15 nitrogen and oxygen atoms in total. The van der Waals surface area contributed by atoms with Crippen LogP contribution in [0, 0.1) is 0 Å². The molecule has 1 aromatic rings. The quantitative estimate of drug-likeness (QED) is 0.105. The fourth-order valence-electron chi connectivity index (χ4n) is 3.52. The second-order valence-corrected chi connectivity index (χ2v) is 9.07. The largest absolute Gasteiger partial charge is 0.508 e. The van der Waals surface area contributed by atoms with Gasteiger partial charge in [0.15, 0.2) is 5.78 Å². The highest BCUT2D eigenvalue weighted by Crippen LogP contribution is 2.11. The molecule has 0 aliphatic heterocycles. The van der Waals surface area contributed by atoms with Crippen molar-refractivity contribution in [3.8, 4) is 5.75 Å². The number of ketones is 1. The Morgan fingerprint density at radius 3 is 1.45 bits per heavy atom. The molecule has 15 heteroatoms. The first kappa shape index (κ1) is 33.5. The second-order valence-electron chi connectivity index (χ2n) is 9.07. The number of phenols is 1. The number of hydrogen-bond acceptors (Lipinski definition) is 9. The summed E-state index contributed by atoms with van der Waals surface area (Å²) in [4.78, 5) is 83.6. The smallest absolute Gasteiger partial charge is 0.303 e. The maximum atomic E-state index is 13.0. The van der Waals surface area contributed by atoms with Crippen LogP contribution in [-0.2, 0) is 40.0 Å². The van der Waals surface area contributed by atoms with Gasteiger partial charge in [0.2, 0.25) is 17.7 Å². The number of aliphatic carboxylic acids is 3. The fourth-order valence-corrected chi connectivity index (χ4v) is 3.52. The van der Waals surface area contributed by atoms with E-state index in [0.717, 1.165) is 6.92 Å². The maximum absolute atomic E-state index is 13.0. The van der Waals surface area contributed by atoms with E-state index < -0.39 is 91.3 Å². The first-order valence-electron chi connectivity index (χ1n) is 12.3. The molecule has 0 bridgehead atoms. The van der Waals surface area contributed by atoms with Crippen molar-refractivity contribution in [2.75, 3.05) is 0 Å². The fraction of sp³-hybridized carbons (Fsp3) is 0.480. The number of benzene rings is 1. The minimum atomic E-state index is -1.51. The number of nitrogens with two attached hydrogens (primary N) is 1. The Morgan fingerprint density at radius 2 is 1.05 bits per heavy atom. The van der Waals surface area contributed by atoms with Crippen LogP contribution in [0.4, 0.5) is 0 Å². The van der Waals surface area contributed by atoms with Gasteiger partial charge in [0, 0.05) is 19.3 Å². The third kappa shape index (κ3) is 12.8. The standard InChI is InChI=1S/C25H34N4O11/c1-13(30)17(6-9-20(32)33)27-24(39)19(8-11-22(36)37)29-25(40)18(7-10-21(34)35)28-23(38)16(26)12-14-2-4-15(31)5-3-14/h2-5,16-19,31H,6-12,26H2,1H3,(H,27,39)(H,28,38)(H,29,40)(H,32,33)(H,34,35)(H,36,37). The predicted molar refractivity (Wildman–Crippen MR) is 137 cm³/mol. The van der Waals surface area contributed by atoms with Gasteiger partial charge in [-0.15, -0.1) is 0 Å². The Bertz CT molecular complexity index is 1090.